The Kier molecular flexibility index (Phi) is 5.51. The van der Waals surface area contributed by atoms with Gasteiger partial charge in [0, 0.05) is 12.3 Å². The molecule has 1 aromatic rings. The van der Waals surface area contributed by atoms with Gasteiger partial charge in [0.15, 0.2) is 0 Å². The van der Waals surface area contributed by atoms with E-state index in [4.69, 9.17) is 0 Å². The Balaban J connectivity index is 2.33. The smallest absolute Gasteiger partial charge is 0.332 e. The number of carbonyl (C=O) groups excluding carboxylic acids is 2. The minimum Gasteiger partial charge on any atom is -0.463 e. The van der Waals surface area contributed by atoms with Gasteiger partial charge in [-0.3, -0.25) is 4.79 Å². The monoisotopic (exact) mass is 233 g/mol. The van der Waals surface area contributed by atoms with Gasteiger partial charge in [0.25, 0.3) is 0 Å². The molecular weight excluding hydrogens is 218 g/mol. The van der Waals surface area contributed by atoms with Gasteiger partial charge in [0.05, 0.1) is 13.0 Å². The quantitative estimate of drug-likeness (QED) is 0.618. The first-order valence-electron chi connectivity index (χ1n) is 5.39. The van der Waals surface area contributed by atoms with E-state index in [1.54, 1.807) is 6.92 Å². The molecule has 0 heterocycles. The summed E-state index contributed by atoms with van der Waals surface area (Å²) < 4.78 is 4.66. The van der Waals surface area contributed by atoms with Crippen LogP contribution in [-0.2, 0) is 20.7 Å². The maximum atomic E-state index is 11.4. The van der Waals surface area contributed by atoms with Crippen molar-refractivity contribution in [3.63, 3.8) is 0 Å². The highest BCUT2D eigenvalue weighted by Gasteiger charge is 2.00. The van der Waals surface area contributed by atoms with Gasteiger partial charge in [-0.1, -0.05) is 30.3 Å². The highest BCUT2D eigenvalue weighted by molar-refractivity contribution is 5.84. The van der Waals surface area contributed by atoms with Gasteiger partial charge in [-0.2, -0.15) is 0 Å². The van der Waals surface area contributed by atoms with Crippen molar-refractivity contribution in [2.75, 3.05) is 6.61 Å². The lowest BCUT2D eigenvalue weighted by Gasteiger charge is -2.00. The zero-order valence-corrected chi connectivity index (χ0v) is 9.68. The fourth-order valence-electron chi connectivity index (χ4n) is 1.23. The highest BCUT2D eigenvalue weighted by Crippen LogP contribution is 1.98. The lowest BCUT2D eigenvalue weighted by molar-refractivity contribution is -0.137. The molecule has 1 aromatic carbocycles. The molecule has 0 unspecified atom stereocenters. The van der Waals surface area contributed by atoms with Crippen molar-refractivity contribution in [3.8, 4) is 0 Å². The molecule has 0 atom stereocenters. The number of nitrogens with one attached hydrogen (secondary N) is 1. The second-order valence-electron chi connectivity index (χ2n) is 3.32. The zero-order valence-electron chi connectivity index (χ0n) is 9.68. The van der Waals surface area contributed by atoms with Crippen LogP contribution in [0.1, 0.15) is 12.5 Å². The van der Waals surface area contributed by atoms with Crippen LogP contribution in [0.2, 0.25) is 0 Å². The maximum absolute atomic E-state index is 11.4. The largest absolute Gasteiger partial charge is 0.463 e. The van der Waals surface area contributed by atoms with E-state index in [2.05, 4.69) is 10.1 Å². The third kappa shape index (κ3) is 5.51. The minimum absolute atomic E-state index is 0.170. The number of amides is 1. The van der Waals surface area contributed by atoms with Crippen molar-refractivity contribution in [2.24, 2.45) is 0 Å². The van der Waals surface area contributed by atoms with Crippen LogP contribution in [0.4, 0.5) is 0 Å². The van der Waals surface area contributed by atoms with Crippen molar-refractivity contribution < 1.29 is 14.3 Å². The Morgan fingerprint density at radius 3 is 2.65 bits per heavy atom. The van der Waals surface area contributed by atoms with Crippen LogP contribution < -0.4 is 5.32 Å². The molecule has 0 saturated heterocycles. The molecule has 17 heavy (non-hydrogen) atoms. The standard InChI is InChI=1S/C13H15NO3/c1-2-17-13(16)8-9-14-12(15)10-11-6-4-3-5-7-11/h3-9H,2,10H2,1H3,(H,14,15)/b9-8+. The number of carbonyl (C=O) groups is 2. The first kappa shape index (κ1) is 13.0. The van der Waals surface area contributed by atoms with Crippen molar-refractivity contribution in [3.05, 3.63) is 48.2 Å². The van der Waals surface area contributed by atoms with Crippen LogP contribution in [0.15, 0.2) is 42.6 Å². The molecule has 0 fully saturated rings. The Labute approximate surface area is 100 Å². The normalized spacial score (nSPS) is 10.2. The summed E-state index contributed by atoms with van der Waals surface area (Å²) in [5.74, 6) is -0.635. The number of hydrogen-bond donors (Lipinski definition) is 1. The SMILES string of the molecule is CCOC(=O)/C=C/NC(=O)Cc1ccccc1. The Morgan fingerprint density at radius 2 is 2.00 bits per heavy atom. The topological polar surface area (TPSA) is 55.4 Å². The first-order valence-corrected chi connectivity index (χ1v) is 5.39. The van der Waals surface area contributed by atoms with Crippen LogP contribution >= 0.6 is 0 Å². The second kappa shape index (κ2) is 7.22. The molecule has 1 rings (SSSR count). The van der Waals surface area contributed by atoms with E-state index in [1.807, 2.05) is 30.3 Å². The first-order chi connectivity index (χ1) is 8.22. The third-order valence-corrected chi connectivity index (χ3v) is 1.96. The number of rotatable bonds is 5. The van der Waals surface area contributed by atoms with E-state index in [0.29, 0.717) is 6.61 Å². The van der Waals surface area contributed by atoms with Crippen molar-refractivity contribution >= 4 is 11.9 Å². The average molecular weight is 233 g/mol. The van der Waals surface area contributed by atoms with Crippen LogP contribution in [0.25, 0.3) is 0 Å². The van der Waals surface area contributed by atoms with Gasteiger partial charge in [-0.05, 0) is 12.5 Å². The second-order valence-corrected chi connectivity index (χ2v) is 3.32. The highest BCUT2D eigenvalue weighted by atomic mass is 16.5. The fourth-order valence-corrected chi connectivity index (χ4v) is 1.23. The van der Waals surface area contributed by atoms with E-state index in [9.17, 15) is 9.59 Å². The summed E-state index contributed by atoms with van der Waals surface area (Å²) in [5, 5.41) is 2.50. The van der Waals surface area contributed by atoms with E-state index in [-0.39, 0.29) is 12.3 Å². The summed E-state index contributed by atoms with van der Waals surface area (Å²) in [5.41, 5.74) is 0.925. The molecule has 4 nitrogen and oxygen atoms in total. The zero-order chi connectivity index (χ0) is 12.5. The Morgan fingerprint density at radius 1 is 1.29 bits per heavy atom. The van der Waals surface area contributed by atoms with Crippen LogP contribution in [0.5, 0.6) is 0 Å². The van der Waals surface area contributed by atoms with Crippen molar-refractivity contribution in [2.45, 2.75) is 13.3 Å². The summed E-state index contributed by atoms with van der Waals surface area (Å²) in [6.45, 7) is 2.04. The molecule has 0 aliphatic carbocycles. The van der Waals surface area contributed by atoms with Gasteiger partial charge in [-0.15, -0.1) is 0 Å². The lowest BCUT2D eigenvalue weighted by atomic mass is 10.1. The van der Waals surface area contributed by atoms with Gasteiger partial charge < -0.3 is 10.1 Å². The molecular formula is C13H15NO3. The van der Waals surface area contributed by atoms with Crippen LogP contribution in [0, 0.1) is 0 Å². The van der Waals surface area contributed by atoms with E-state index >= 15 is 0 Å². The molecule has 0 aliphatic rings. The van der Waals surface area contributed by atoms with Crippen LogP contribution in [-0.4, -0.2) is 18.5 Å². The van der Waals surface area contributed by atoms with Gasteiger partial charge in [-0.25, -0.2) is 4.79 Å². The molecule has 1 N–H and O–H groups in total. The number of hydrogen-bond acceptors (Lipinski definition) is 3. The summed E-state index contributed by atoms with van der Waals surface area (Å²) in [7, 11) is 0. The van der Waals surface area contributed by atoms with Gasteiger partial charge in [0.2, 0.25) is 5.91 Å². The predicted molar refractivity (Wildman–Crippen MR) is 64.1 cm³/mol. The van der Waals surface area contributed by atoms with E-state index in [1.165, 1.54) is 12.3 Å². The van der Waals surface area contributed by atoms with Crippen molar-refractivity contribution in [1.82, 2.24) is 5.32 Å². The van der Waals surface area contributed by atoms with Crippen LogP contribution in [0.3, 0.4) is 0 Å². The lowest BCUT2D eigenvalue weighted by Crippen LogP contribution is -2.19. The fraction of sp³-hybridized carbons (Fsp3) is 0.231. The minimum atomic E-state index is -0.465. The summed E-state index contributed by atoms with van der Waals surface area (Å²) in [6, 6.07) is 9.37. The van der Waals surface area contributed by atoms with E-state index < -0.39 is 5.97 Å². The summed E-state index contributed by atoms with van der Waals surface area (Å²) in [4.78, 5) is 22.4. The number of ether oxygens (including phenoxy) is 1. The molecule has 0 aromatic heterocycles. The number of benzene rings is 1. The maximum Gasteiger partial charge on any atom is 0.332 e. The molecule has 0 radical (unpaired) electrons. The third-order valence-electron chi connectivity index (χ3n) is 1.96. The van der Waals surface area contributed by atoms with E-state index in [0.717, 1.165) is 5.56 Å². The summed E-state index contributed by atoms with van der Waals surface area (Å²) >= 11 is 0. The predicted octanol–water partition coefficient (Wildman–Crippen LogP) is 1.42. The van der Waals surface area contributed by atoms with Crippen molar-refractivity contribution in [1.29, 1.82) is 0 Å². The Bertz CT molecular complexity index is 398. The molecule has 0 aliphatic heterocycles. The molecule has 0 saturated carbocycles. The van der Waals surface area contributed by atoms with Gasteiger partial charge >= 0.3 is 5.97 Å². The Hall–Kier alpha value is -2.10. The molecule has 90 valence electrons. The molecule has 0 spiro atoms. The molecule has 4 heteroatoms. The summed E-state index contributed by atoms with van der Waals surface area (Å²) in [6.07, 6.45) is 2.77. The van der Waals surface area contributed by atoms with Gasteiger partial charge in [0.1, 0.15) is 0 Å². The molecule has 1 amide bonds. The molecule has 0 bridgehead atoms. The number of esters is 1. The average Bonchev–Trinajstić information content (AvgIpc) is 2.30.